The van der Waals surface area contributed by atoms with Crippen molar-refractivity contribution in [3.63, 3.8) is 0 Å². The van der Waals surface area contributed by atoms with Crippen LogP contribution in [0, 0.1) is 0 Å². The normalized spacial score (nSPS) is 15.7. The fraction of sp³-hybridized carbons (Fsp3) is 0.286. The first-order valence-corrected chi connectivity index (χ1v) is 9.59. The van der Waals surface area contributed by atoms with Crippen molar-refractivity contribution in [2.75, 3.05) is 0 Å². The van der Waals surface area contributed by atoms with E-state index in [-0.39, 0.29) is 0 Å². The van der Waals surface area contributed by atoms with Crippen molar-refractivity contribution in [1.82, 2.24) is 19.5 Å². The third-order valence-corrected chi connectivity index (χ3v) is 5.59. The maximum atomic E-state index is 6.51. The largest absolute Gasteiger partial charge is 0.304 e. The molecule has 2 aromatic heterocycles. The van der Waals surface area contributed by atoms with E-state index in [4.69, 9.17) is 26.6 Å². The van der Waals surface area contributed by atoms with Crippen LogP contribution in [0.5, 0.6) is 0 Å². The number of hydrogen-bond acceptors (Lipinski definition) is 3. The lowest BCUT2D eigenvalue weighted by atomic mass is 9.95. The second-order valence-electron chi connectivity index (χ2n) is 6.94. The molecule has 0 radical (unpaired) electrons. The molecule has 26 heavy (non-hydrogen) atoms. The molecule has 0 N–H and O–H groups in total. The monoisotopic (exact) mass is 362 g/mol. The zero-order chi connectivity index (χ0) is 17.5. The zero-order valence-electron chi connectivity index (χ0n) is 14.4. The average Bonchev–Trinajstić information content (AvgIpc) is 3.05. The van der Waals surface area contributed by atoms with Gasteiger partial charge in [0.15, 0.2) is 11.3 Å². The summed E-state index contributed by atoms with van der Waals surface area (Å²) in [5, 5.41) is 0.712. The highest BCUT2D eigenvalue weighted by Gasteiger charge is 2.25. The number of para-hydroxylation sites is 2. The van der Waals surface area contributed by atoms with Crippen LogP contribution >= 0.6 is 11.6 Å². The first-order chi connectivity index (χ1) is 12.8. The molecule has 2 aromatic carbocycles. The van der Waals surface area contributed by atoms with Crippen molar-refractivity contribution in [3.8, 4) is 11.4 Å². The highest BCUT2D eigenvalue weighted by molar-refractivity contribution is 6.33. The first kappa shape index (κ1) is 15.8. The Morgan fingerprint density at radius 3 is 2.27 bits per heavy atom. The summed E-state index contributed by atoms with van der Waals surface area (Å²) in [7, 11) is 0. The van der Waals surface area contributed by atoms with Crippen LogP contribution in [-0.2, 0) is 0 Å². The molecular weight excluding hydrogens is 344 g/mol. The van der Waals surface area contributed by atoms with Gasteiger partial charge < -0.3 is 4.57 Å². The van der Waals surface area contributed by atoms with Crippen LogP contribution in [0.3, 0.4) is 0 Å². The fourth-order valence-electron chi connectivity index (χ4n) is 3.99. The van der Waals surface area contributed by atoms with E-state index >= 15 is 0 Å². The van der Waals surface area contributed by atoms with Gasteiger partial charge in [0.2, 0.25) is 0 Å². The van der Waals surface area contributed by atoms with Crippen LogP contribution < -0.4 is 0 Å². The van der Waals surface area contributed by atoms with Gasteiger partial charge in [0.1, 0.15) is 5.82 Å². The number of rotatable bonds is 2. The lowest BCUT2D eigenvalue weighted by Crippen LogP contribution is -2.14. The predicted molar refractivity (Wildman–Crippen MR) is 105 cm³/mol. The van der Waals surface area contributed by atoms with Crippen LogP contribution in [0.25, 0.3) is 33.7 Å². The lowest BCUT2D eigenvalue weighted by Gasteiger charge is -2.25. The Labute approximate surface area is 156 Å². The van der Waals surface area contributed by atoms with Crippen LogP contribution in [0.4, 0.5) is 0 Å². The van der Waals surface area contributed by atoms with Gasteiger partial charge in [-0.15, -0.1) is 0 Å². The van der Waals surface area contributed by atoms with E-state index in [0.717, 1.165) is 40.9 Å². The number of aromatic nitrogens is 4. The maximum Gasteiger partial charge on any atom is 0.198 e. The molecule has 1 saturated carbocycles. The summed E-state index contributed by atoms with van der Waals surface area (Å²) in [6, 6.07) is 16.3. The Hall–Kier alpha value is -2.46. The van der Waals surface area contributed by atoms with Gasteiger partial charge in [-0.2, -0.15) is 0 Å². The van der Waals surface area contributed by atoms with Gasteiger partial charge in [-0.3, -0.25) is 0 Å². The Bertz CT molecular complexity index is 1100. The molecule has 0 aliphatic heterocycles. The van der Waals surface area contributed by atoms with Gasteiger partial charge in [-0.25, -0.2) is 15.0 Å². The van der Waals surface area contributed by atoms with Crippen molar-refractivity contribution < 1.29 is 0 Å². The summed E-state index contributed by atoms with van der Waals surface area (Å²) in [5.74, 6) is 0.882. The van der Waals surface area contributed by atoms with Crippen LogP contribution in [0.2, 0.25) is 5.02 Å². The number of halogens is 1. The van der Waals surface area contributed by atoms with Gasteiger partial charge in [-0.1, -0.05) is 55.1 Å². The molecule has 0 unspecified atom stereocenters. The smallest absolute Gasteiger partial charge is 0.198 e. The molecule has 1 aliphatic rings. The number of imidazole rings is 1. The van der Waals surface area contributed by atoms with Crippen LogP contribution in [-0.4, -0.2) is 19.5 Å². The second kappa shape index (κ2) is 6.36. The molecule has 0 spiro atoms. The predicted octanol–water partition coefficient (Wildman–Crippen LogP) is 5.81. The maximum absolute atomic E-state index is 6.51. The summed E-state index contributed by atoms with van der Waals surface area (Å²) >= 11 is 6.51. The van der Waals surface area contributed by atoms with E-state index in [1.165, 1.54) is 19.3 Å². The molecule has 1 fully saturated rings. The Morgan fingerprint density at radius 2 is 1.50 bits per heavy atom. The van der Waals surface area contributed by atoms with Gasteiger partial charge in [0.05, 0.1) is 16.1 Å². The molecule has 2 heterocycles. The lowest BCUT2D eigenvalue weighted by molar-refractivity contribution is 0.361. The SMILES string of the molecule is Clc1ccccc1-c1nc2nc3ccccc3nc2n1C1CCCCC1. The van der Waals surface area contributed by atoms with Gasteiger partial charge in [0, 0.05) is 11.6 Å². The van der Waals surface area contributed by atoms with Gasteiger partial charge in [0.25, 0.3) is 0 Å². The van der Waals surface area contributed by atoms with E-state index in [1.807, 2.05) is 48.5 Å². The number of hydrogen-bond donors (Lipinski definition) is 0. The molecular formula is C21H19ClN4. The summed E-state index contributed by atoms with van der Waals surface area (Å²) in [6.45, 7) is 0. The second-order valence-corrected chi connectivity index (χ2v) is 7.34. The van der Waals surface area contributed by atoms with Crippen LogP contribution in [0.15, 0.2) is 48.5 Å². The fourth-order valence-corrected chi connectivity index (χ4v) is 4.21. The highest BCUT2D eigenvalue weighted by Crippen LogP contribution is 2.37. The molecule has 0 bridgehead atoms. The molecule has 1 aliphatic carbocycles. The van der Waals surface area contributed by atoms with E-state index < -0.39 is 0 Å². The standard InChI is InChI=1S/C21H19ClN4/c22-16-11-5-4-10-15(16)20-25-19-21(26(20)14-8-2-1-3-9-14)24-18-13-7-6-12-17(18)23-19/h4-7,10-14H,1-3,8-9H2. The van der Waals surface area contributed by atoms with Crippen molar-refractivity contribution in [2.45, 2.75) is 38.1 Å². The van der Waals surface area contributed by atoms with Crippen molar-refractivity contribution in [1.29, 1.82) is 0 Å². The third-order valence-electron chi connectivity index (χ3n) is 5.26. The van der Waals surface area contributed by atoms with E-state index in [9.17, 15) is 0 Å². The Balaban J connectivity index is 1.82. The van der Waals surface area contributed by atoms with Gasteiger partial charge >= 0.3 is 0 Å². The quantitative estimate of drug-likeness (QED) is 0.452. The van der Waals surface area contributed by atoms with Crippen molar-refractivity contribution >= 4 is 33.9 Å². The average molecular weight is 363 g/mol. The summed E-state index contributed by atoms with van der Waals surface area (Å²) in [6.07, 6.45) is 6.09. The zero-order valence-corrected chi connectivity index (χ0v) is 15.2. The molecule has 0 saturated heterocycles. The van der Waals surface area contributed by atoms with E-state index in [2.05, 4.69) is 4.57 Å². The Kier molecular flexibility index (Phi) is 3.86. The van der Waals surface area contributed by atoms with Crippen molar-refractivity contribution in [3.05, 3.63) is 53.6 Å². The topological polar surface area (TPSA) is 43.6 Å². The number of nitrogens with zero attached hydrogens (tertiary/aromatic N) is 4. The molecule has 4 nitrogen and oxygen atoms in total. The molecule has 4 aromatic rings. The Morgan fingerprint density at radius 1 is 0.808 bits per heavy atom. The highest BCUT2D eigenvalue weighted by atomic mass is 35.5. The molecule has 5 heteroatoms. The minimum Gasteiger partial charge on any atom is -0.304 e. The first-order valence-electron chi connectivity index (χ1n) is 9.21. The summed E-state index contributed by atoms with van der Waals surface area (Å²) in [5.41, 5.74) is 4.29. The van der Waals surface area contributed by atoms with Crippen LogP contribution in [0.1, 0.15) is 38.1 Å². The molecule has 0 atom stereocenters. The van der Waals surface area contributed by atoms with E-state index in [0.29, 0.717) is 16.7 Å². The molecule has 130 valence electrons. The summed E-state index contributed by atoms with van der Waals surface area (Å²) < 4.78 is 2.29. The van der Waals surface area contributed by atoms with Crippen molar-refractivity contribution in [2.24, 2.45) is 0 Å². The third kappa shape index (κ3) is 2.56. The van der Waals surface area contributed by atoms with Gasteiger partial charge in [-0.05, 0) is 37.1 Å². The minimum atomic E-state index is 0.399. The molecule has 0 amide bonds. The number of fused-ring (bicyclic) bond motifs is 2. The number of benzene rings is 2. The summed E-state index contributed by atoms with van der Waals surface area (Å²) in [4.78, 5) is 14.6. The molecule has 5 rings (SSSR count). The van der Waals surface area contributed by atoms with E-state index in [1.54, 1.807) is 0 Å². The minimum absolute atomic E-state index is 0.399.